The predicted octanol–water partition coefficient (Wildman–Crippen LogP) is 3.99. The largest absolute Gasteiger partial charge is 0.496 e. The average molecular weight is 494 g/mol. The van der Waals surface area contributed by atoms with Crippen molar-refractivity contribution < 1.29 is 32.2 Å². The first kappa shape index (κ1) is 26.0. The van der Waals surface area contributed by atoms with E-state index in [-0.39, 0.29) is 22.7 Å². The third-order valence-corrected chi connectivity index (χ3v) is 5.75. The van der Waals surface area contributed by atoms with Crippen LogP contribution in [0, 0.1) is 5.82 Å². The van der Waals surface area contributed by atoms with E-state index in [2.05, 4.69) is 10.4 Å². The molecule has 1 amide bonds. The Kier molecular flexibility index (Phi) is 7.11. The fourth-order valence-corrected chi connectivity index (χ4v) is 3.93. The highest BCUT2D eigenvalue weighted by Crippen LogP contribution is 2.43. The summed E-state index contributed by atoms with van der Waals surface area (Å²) in [4.78, 5) is 12.7. The van der Waals surface area contributed by atoms with Crippen molar-refractivity contribution >= 4 is 11.7 Å². The van der Waals surface area contributed by atoms with Crippen molar-refractivity contribution in [2.75, 3.05) is 19.4 Å². The van der Waals surface area contributed by atoms with Crippen molar-refractivity contribution in [3.8, 4) is 11.4 Å². The molecule has 3 rings (SSSR count). The summed E-state index contributed by atoms with van der Waals surface area (Å²) in [6.45, 7) is 1.68. The zero-order chi connectivity index (χ0) is 26.0. The Labute approximate surface area is 199 Å². The summed E-state index contributed by atoms with van der Waals surface area (Å²) in [5, 5.41) is 16.8. The van der Waals surface area contributed by atoms with Gasteiger partial charge in [0.1, 0.15) is 22.9 Å². The number of nitrogens with two attached hydrogens (primary N) is 1. The number of hydrogen-bond acceptors (Lipinski definition) is 5. The van der Waals surface area contributed by atoms with E-state index in [1.807, 2.05) is 0 Å². The van der Waals surface area contributed by atoms with Gasteiger partial charge in [0.05, 0.1) is 25.5 Å². The Morgan fingerprint density at radius 3 is 2.43 bits per heavy atom. The van der Waals surface area contributed by atoms with Crippen molar-refractivity contribution in [2.45, 2.75) is 37.5 Å². The van der Waals surface area contributed by atoms with Gasteiger partial charge in [0.15, 0.2) is 5.60 Å². The molecule has 0 unspecified atom stereocenters. The molecule has 0 aliphatic rings. The number of para-hydroxylation sites is 1. The van der Waals surface area contributed by atoms with Gasteiger partial charge in [-0.25, -0.2) is 9.07 Å². The number of nitrogen functional groups attached to an aromatic ring is 1. The van der Waals surface area contributed by atoms with Crippen LogP contribution in [0.4, 0.5) is 23.4 Å². The lowest BCUT2D eigenvalue weighted by molar-refractivity contribution is -0.263. The van der Waals surface area contributed by atoms with E-state index in [9.17, 15) is 27.5 Å². The summed E-state index contributed by atoms with van der Waals surface area (Å²) in [5.41, 5.74) is 1.81. The number of rotatable bonds is 8. The maximum Gasteiger partial charge on any atom is 0.418 e. The van der Waals surface area contributed by atoms with Gasteiger partial charge in [-0.05, 0) is 42.2 Å². The van der Waals surface area contributed by atoms with E-state index in [0.717, 1.165) is 18.3 Å². The molecule has 3 aromatic rings. The molecule has 1 aromatic heterocycles. The quantitative estimate of drug-likeness (QED) is 0.411. The third-order valence-electron chi connectivity index (χ3n) is 5.75. The molecule has 35 heavy (non-hydrogen) atoms. The monoisotopic (exact) mass is 494 g/mol. The number of ether oxygens (including phenoxy) is 1. The molecule has 4 N–H and O–H groups in total. The second kappa shape index (κ2) is 9.57. The number of nitrogens with zero attached hydrogens (tertiary/aromatic N) is 2. The number of aliphatic hydroxyl groups is 1. The van der Waals surface area contributed by atoms with Gasteiger partial charge in [-0.15, -0.1) is 0 Å². The number of carbonyl (C=O) groups is 1. The molecule has 1 heterocycles. The van der Waals surface area contributed by atoms with Gasteiger partial charge in [0, 0.05) is 5.56 Å². The SMILES string of the molecule is COc1ccc(F)cc1C(C)(C)C[C@@](O)(CNC(=O)c1cnn(-c2ccccc2)c1N)C(F)(F)F. The van der Waals surface area contributed by atoms with E-state index in [1.165, 1.54) is 31.7 Å². The fourth-order valence-electron chi connectivity index (χ4n) is 3.93. The Balaban J connectivity index is 1.84. The van der Waals surface area contributed by atoms with Crippen LogP contribution in [0.3, 0.4) is 0 Å². The van der Waals surface area contributed by atoms with Crippen molar-refractivity contribution in [3.63, 3.8) is 0 Å². The molecule has 0 fully saturated rings. The van der Waals surface area contributed by atoms with Crippen LogP contribution in [0.25, 0.3) is 5.69 Å². The molecule has 0 aliphatic carbocycles. The van der Waals surface area contributed by atoms with E-state index < -0.39 is 41.9 Å². The highest BCUT2D eigenvalue weighted by molar-refractivity contribution is 5.98. The summed E-state index contributed by atoms with van der Waals surface area (Å²) in [5.74, 6) is -1.50. The van der Waals surface area contributed by atoms with Crippen LogP contribution in [0.2, 0.25) is 0 Å². The molecule has 0 spiro atoms. The number of aromatic nitrogens is 2. The second-order valence-electron chi connectivity index (χ2n) is 8.81. The van der Waals surface area contributed by atoms with E-state index in [4.69, 9.17) is 10.5 Å². The molecule has 2 aromatic carbocycles. The summed E-state index contributed by atoms with van der Waals surface area (Å²) < 4.78 is 62.4. The molecular weight excluding hydrogens is 468 g/mol. The van der Waals surface area contributed by atoms with Crippen molar-refractivity contribution in [3.05, 3.63) is 71.7 Å². The van der Waals surface area contributed by atoms with Crippen LogP contribution in [0.15, 0.2) is 54.7 Å². The van der Waals surface area contributed by atoms with Crippen LogP contribution in [0.1, 0.15) is 36.2 Å². The Morgan fingerprint density at radius 1 is 1.17 bits per heavy atom. The normalized spacial score (nSPS) is 13.8. The molecule has 1 atom stereocenters. The van der Waals surface area contributed by atoms with E-state index >= 15 is 0 Å². The predicted molar refractivity (Wildman–Crippen MR) is 122 cm³/mol. The molecule has 0 saturated carbocycles. The van der Waals surface area contributed by atoms with Crippen LogP contribution in [-0.4, -0.2) is 46.2 Å². The molecule has 0 aliphatic heterocycles. The molecule has 0 saturated heterocycles. The lowest BCUT2D eigenvalue weighted by Gasteiger charge is -2.38. The zero-order valence-corrected chi connectivity index (χ0v) is 19.4. The van der Waals surface area contributed by atoms with Gasteiger partial charge < -0.3 is 20.9 Å². The van der Waals surface area contributed by atoms with Gasteiger partial charge in [-0.1, -0.05) is 32.0 Å². The van der Waals surface area contributed by atoms with Crippen LogP contribution in [0.5, 0.6) is 5.75 Å². The van der Waals surface area contributed by atoms with Crippen LogP contribution >= 0.6 is 0 Å². The van der Waals surface area contributed by atoms with Gasteiger partial charge in [-0.3, -0.25) is 4.79 Å². The first-order valence-electron chi connectivity index (χ1n) is 10.6. The minimum absolute atomic E-state index is 0.0749. The third kappa shape index (κ3) is 5.40. The van der Waals surface area contributed by atoms with E-state index in [1.54, 1.807) is 30.3 Å². The number of alkyl halides is 3. The highest BCUT2D eigenvalue weighted by atomic mass is 19.4. The van der Waals surface area contributed by atoms with E-state index in [0.29, 0.717) is 5.69 Å². The molecule has 188 valence electrons. The molecular formula is C24H26F4N4O3. The standard InChI is InChI=1S/C24H26F4N4O3/c1-22(2,18-11-15(25)9-10-19(18)35-3)13-23(34,24(26,27)28)14-30-21(33)17-12-31-32(20(17)29)16-7-5-4-6-8-16/h4-12,34H,13-14,29H2,1-3H3,(H,30,33)/t23-/m1/s1. The van der Waals surface area contributed by atoms with Crippen LogP contribution < -0.4 is 15.8 Å². The summed E-state index contributed by atoms with van der Waals surface area (Å²) >= 11 is 0. The lowest BCUT2D eigenvalue weighted by Crippen LogP contribution is -2.56. The zero-order valence-electron chi connectivity index (χ0n) is 19.4. The summed E-state index contributed by atoms with van der Waals surface area (Å²) in [6, 6.07) is 12.1. The molecule has 11 heteroatoms. The maximum absolute atomic E-state index is 14.0. The van der Waals surface area contributed by atoms with Gasteiger partial charge in [-0.2, -0.15) is 18.3 Å². The smallest absolute Gasteiger partial charge is 0.418 e. The number of carbonyl (C=O) groups excluding carboxylic acids is 1. The van der Waals surface area contributed by atoms with Gasteiger partial charge in [0.2, 0.25) is 0 Å². The van der Waals surface area contributed by atoms with Gasteiger partial charge >= 0.3 is 6.18 Å². The summed E-state index contributed by atoms with van der Waals surface area (Å²) in [6.07, 6.45) is -4.87. The Hall–Kier alpha value is -3.60. The van der Waals surface area contributed by atoms with Crippen molar-refractivity contribution in [2.24, 2.45) is 0 Å². The fraction of sp³-hybridized carbons (Fsp3) is 0.333. The number of benzene rings is 2. The average Bonchev–Trinajstić information content (AvgIpc) is 3.18. The van der Waals surface area contributed by atoms with Crippen molar-refractivity contribution in [1.82, 2.24) is 15.1 Å². The number of methoxy groups -OCH3 is 1. The first-order valence-corrected chi connectivity index (χ1v) is 10.6. The Morgan fingerprint density at radius 2 is 1.83 bits per heavy atom. The number of nitrogens with one attached hydrogen (secondary N) is 1. The molecule has 0 bridgehead atoms. The number of halogens is 4. The number of amides is 1. The van der Waals surface area contributed by atoms with Crippen LogP contribution in [-0.2, 0) is 5.41 Å². The highest BCUT2D eigenvalue weighted by Gasteiger charge is 2.56. The van der Waals surface area contributed by atoms with Crippen molar-refractivity contribution in [1.29, 1.82) is 0 Å². The first-order chi connectivity index (χ1) is 16.3. The molecule has 0 radical (unpaired) electrons. The second-order valence-corrected chi connectivity index (χ2v) is 8.81. The number of anilines is 1. The lowest BCUT2D eigenvalue weighted by atomic mass is 9.74. The Bertz CT molecular complexity index is 1200. The topological polar surface area (TPSA) is 102 Å². The number of hydrogen-bond donors (Lipinski definition) is 3. The minimum Gasteiger partial charge on any atom is -0.496 e. The van der Waals surface area contributed by atoms with Gasteiger partial charge in [0.25, 0.3) is 5.91 Å². The summed E-state index contributed by atoms with van der Waals surface area (Å²) in [7, 11) is 1.31. The molecule has 7 nitrogen and oxygen atoms in total. The maximum atomic E-state index is 14.0. The minimum atomic E-state index is -5.11.